The average Bonchev–Trinajstić information content (AvgIpc) is 3.06. The molecule has 0 radical (unpaired) electrons. The van der Waals surface area contributed by atoms with Crippen molar-refractivity contribution in [2.75, 3.05) is 31.2 Å². The molecule has 0 unspecified atom stereocenters. The van der Waals surface area contributed by atoms with Crippen molar-refractivity contribution in [1.29, 1.82) is 0 Å². The quantitative estimate of drug-likeness (QED) is 0.452. The average molecular weight is 470 g/mol. The van der Waals surface area contributed by atoms with Crippen molar-refractivity contribution in [3.8, 4) is 11.1 Å². The zero-order valence-electron chi connectivity index (χ0n) is 17.5. The van der Waals surface area contributed by atoms with Gasteiger partial charge in [0.2, 0.25) is 5.95 Å². The van der Waals surface area contributed by atoms with E-state index in [0.29, 0.717) is 41.1 Å². The highest BCUT2D eigenvalue weighted by molar-refractivity contribution is 6.36. The Morgan fingerprint density at radius 1 is 1.00 bits per heavy atom. The van der Waals surface area contributed by atoms with Crippen LogP contribution in [0.3, 0.4) is 0 Å². The summed E-state index contributed by atoms with van der Waals surface area (Å²) in [6.45, 7) is 3.31. The molecule has 3 heterocycles. The van der Waals surface area contributed by atoms with Gasteiger partial charge in [0.25, 0.3) is 5.56 Å². The lowest BCUT2D eigenvalue weighted by Gasteiger charge is -2.26. The second-order valence-corrected chi connectivity index (χ2v) is 8.50. The fraction of sp³-hybridized carbons (Fsp3) is 0.261. The third-order valence-corrected chi connectivity index (χ3v) is 6.51. The van der Waals surface area contributed by atoms with Crippen LogP contribution in [-0.4, -0.2) is 45.6 Å². The SMILES string of the molecule is Cn1c(=O)c2ccc(-c3cnc(N4CCOCC4)nc3)cc2n1Cc1c(Cl)cccc1Cl. The summed E-state index contributed by atoms with van der Waals surface area (Å²) in [5.74, 6) is 0.697. The lowest BCUT2D eigenvalue weighted by atomic mass is 10.1. The Hall–Kier alpha value is -2.87. The van der Waals surface area contributed by atoms with E-state index in [1.807, 2.05) is 35.3 Å². The van der Waals surface area contributed by atoms with Gasteiger partial charge in [0.1, 0.15) is 0 Å². The van der Waals surface area contributed by atoms with E-state index in [4.69, 9.17) is 27.9 Å². The molecule has 164 valence electrons. The molecule has 4 aromatic rings. The predicted molar refractivity (Wildman–Crippen MR) is 127 cm³/mol. The largest absolute Gasteiger partial charge is 0.378 e. The maximum atomic E-state index is 12.8. The number of hydrogen-bond acceptors (Lipinski definition) is 5. The van der Waals surface area contributed by atoms with Crippen molar-refractivity contribution in [2.45, 2.75) is 6.54 Å². The monoisotopic (exact) mass is 469 g/mol. The highest BCUT2D eigenvalue weighted by Gasteiger charge is 2.16. The Balaban J connectivity index is 1.53. The number of ether oxygens (including phenoxy) is 1. The fourth-order valence-electron chi connectivity index (χ4n) is 3.97. The van der Waals surface area contributed by atoms with Gasteiger partial charge in [-0.15, -0.1) is 0 Å². The number of hydrogen-bond donors (Lipinski definition) is 0. The Bertz CT molecular complexity index is 1320. The molecule has 1 aliphatic heterocycles. The van der Waals surface area contributed by atoms with Crippen LogP contribution in [0.25, 0.3) is 22.0 Å². The molecule has 7 nitrogen and oxygen atoms in total. The molecule has 0 aliphatic carbocycles. The molecular formula is C23H21Cl2N5O2. The van der Waals surface area contributed by atoms with Gasteiger partial charge in [-0.3, -0.25) is 14.2 Å². The van der Waals surface area contributed by atoms with E-state index < -0.39 is 0 Å². The van der Waals surface area contributed by atoms with Crippen LogP contribution in [0.4, 0.5) is 5.95 Å². The minimum absolute atomic E-state index is 0.0753. The number of nitrogens with zero attached hydrogens (tertiary/aromatic N) is 5. The van der Waals surface area contributed by atoms with E-state index in [9.17, 15) is 4.79 Å². The van der Waals surface area contributed by atoms with E-state index >= 15 is 0 Å². The number of benzene rings is 2. The Morgan fingerprint density at radius 3 is 2.38 bits per heavy atom. The zero-order valence-corrected chi connectivity index (χ0v) is 19.0. The highest BCUT2D eigenvalue weighted by Crippen LogP contribution is 2.28. The number of anilines is 1. The minimum atomic E-state index is -0.0753. The van der Waals surface area contributed by atoms with Crippen molar-refractivity contribution in [3.63, 3.8) is 0 Å². The summed E-state index contributed by atoms with van der Waals surface area (Å²) in [5, 5.41) is 1.76. The maximum Gasteiger partial charge on any atom is 0.274 e. The smallest absolute Gasteiger partial charge is 0.274 e. The molecule has 0 bridgehead atoms. The summed E-state index contributed by atoms with van der Waals surface area (Å²) in [4.78, 5) is 24.0. The molecule has 2 aromatic carbocycles. The van der Waals surface area contributed by atoms with Gasteiger partial charge in [-0.2, -0.15) is 0 Å². The van der Waals surface area contributed by atoms with Crippen LogP contribution < -0.4 is 10.5 Å². The minimum Gasteiger partial charge on any atom is -0.378 e. The summed E-state index contributed by atoms with van der Waals surface area (Å²) < 4.78 is 8.87. The Labute approximate surface area is 194 Å². The first-order chi connectivity index (χ1) is 15.5. The zero-order chi connectivity index (χ0) is 22.2. The van der Waals surface area contributed by atoms with Gasteiger partial charge >= 0.3 is 0 Å². The number of rotatable bonds is 4. The molecular weight excluding hydrogens is 449 g/mol. The van der Waals surface area contributed by atoms with Gasteiger partial charge in [-0.1, -0.05) is 35.3 Å². The van der Waals surface area contributed by atoms with Crippen LogP contribution in [0.5, 0.6) is 0 Å². The highest BCUT2D eigenvalue weighted by atomic mass is 35.5. The van der Waals surface area contributed by atoms with Crippen LogP contribution in [-0.2, 0) is 18.3 Å². The van der Waals surface area contributed by atoms with Crippen LogP contribution in [0.1, 0.15) is 5.56 Å². The number of aromatic nitrogens is 4. The van der Waals surface area contributed by atoms with Crippen LogP contribution in [0.2, 0.25) is 10.0 Å². The van der Waals surface area contributed by atoms with Crippen LogP contribution >= 0.6 is 23.2 Å². The topological polar surface area (TPSA) is 65.2 Å². The second-order valence-electron chi connectivity index (χ2n) is 7.69. The summed E-state index contributed by atoms with van der Waals surface area (Å²) in [6, 6.07) is 11.1. The van der Waals surface area contributed by atoms with E-state index in [1.165, 1.54) is 0 Å². The van der Waals surface area contributed by atoms with Gasteiger partial charge < -0.3 is 9.64 Å². The first-order valence-electron chi connectivity index (χ1n) is 10.3. The van der Waals surface area contributed by atoms with Gasteiger partial charge in [0.05, 0.1) is 30.7 Å². The molecule has 5 rings (SSSR count). The van der Waals surface area contributed by atoms with Crippen LogP contribution in [0, 0.1) is 0 Å². The van der Waals surface area contributed by atoms with Gasteiger partial charge in [-0.25, -0.2) is 9.97 Å². The van der Waals surface area contributed by atoms with Crippen molar-refractivity contribution < 1.29 is 4.74 Å². The molecule has 0 atom stereocenters. The second kappa shape index (κ2) is 8.58. The Morgan fingerprint density at radius 2 is 1.69 bits per heavy atom. The van der Waals surface area contributed by atoms with E-state index in [2.05, 4.69) is 14.9 Å². The third kappa shape index (κ3) is 3.77. The van der Waals surface area contributed by atoms with Crippen molar-refractivity contribution in [1.82, 2.24) is 19.3 Å². The summed E-state index contributed by atoms with van der Waals surface area (Å²) in [7, 11) is 1.74. The molecule has 1 saturated heterocycles. The Kier molecular flexibility index (Phi) is 5.63. The van der Waals surface area contributed by atoms with Gasteiger partial charge in [0, 0.05) is 53.7 Å². The summed E-state index contributed by atoms with van der Waals surface area (Å²) in [5.41, 5.74) is 3.29. The standard InChI is InChI=1S/C23H21Cl2N5O2/c1-28-22(31)17-6-5-15(16-12-26-23(27-13-16)29-7-9-32-10-8-29)11-21(17)30(28)14-18-19(24)3-2-4-20(18)25/h2-6,11-13H,7-10,14H2,1H3. The fourth-order valence-corrected chi connectivity index (χ4v) is 4.49. The molecule has 2 aromatic heterocycles. The lowest BCUT2D eigenvalue weighted by molar-refractivity contribution is 0.122. The van der Waals surface area contributed by atoms with Gasteiger partial charge in [0.15, 0.2) is 0 Å². The molecule has 0 saturated carbocycles. The molecule has 1 fully saturated rings. The summed E-state index contributed by atoms with van der Waals surface area (Å²) >= 11 is 12.8. The van der Waals surface area contributed by atoms with Crippen molar-refractivity contribution >= 4 is 40.1 Å². The van der Waals surface area contributed by atoms with Gasteiger partial charge in [-0.05, 0) is 29.8 Å². The van der Waals surface area contributed by atoms with Crippen molar-refractivity contribution in [3.05, 3.63) is 74.8 Å². The maximum absolute atomic E-state index is 12.8. The van der Waals surface area contributed by atoms with E-state index in [-0.39, 0.29) is 5.56 Å². The van der Waals surface area contributed by atoms with E-state index in [0.717, 1.165) is 35.3 Å². The lowest BCUT2D eigenvalue weighted by Crippen LogP contribution is -2.37. The predicted octanol–water partition coefficient (Wildman–Crippen LogP) is 3.99. The van der Waals surface area contributed by atoms with Crippen LogP contribution in [0.15, 0.2) is 53.6 Å². The molecule has 0 amide bonds. The normalized spacial score (nSPS) is 14.3. The number of halogens is 2. The molecule has 0 spiro atoms. The molecule has 1 aliphatic rings. The first kappa shape index (κ1) is 21.0. The molecule has 9 heteroatoms. The molecule has 0 N–H and O–H groups in total. The van der Waals surface area contributed by atoms with Crippen molar-refractivity contribution in [2.24, 2.45) is 7.05 Å². The number of morpholine rings is 1. The third-order valence-electron chi connectivity index (χ3n) is 5.80. The number of fused-ring (bicyclic) bond motifs is 1. The molecule has 32 heavy (non-hydrogen) atoms. The first-order valence-corrected chi connectivity index (χ1v) is 11.1. The van der Waals surface area contributed by atoms with E-state index in [1.54, 1.807) is 29.9 Å². The summed E-state index contributed by atoms with van der Waals surface area (Å²) in [6.07, 6.45) is 3.63.